The Morgan fingerprint density at radius 3 is 2.42 bits per heavy atom. The average Bonchev–Trinajstić information content (AvgIpc) is 3.33. The number of hydrogen-bond donors (Lipinski definition) is 2. The first-order chi connectivity index (χ1) is 15.0. The molecular weight excluding hydrogens is 416 g/mol. The van der Waals surface area contributed by atoms with Gasteiger partial charge in [0, 0.05) is 23.0 Å². The number of ketones is 1. The summed E-state index contributed by atoms with van der Waals surface area (Å²) >= 11 is 5.95. The largest absolute Gasteiger partial charge is 0.507 e. The van der Waals surface area contributed by atoms with E-state index in [4.69, 9.17) is 11.6 Å². The molecule has 1 aliphatic heterocycles. The molecule has 5 rings (SSSR count). The third kappa shape index (κ3) is 3.15. The number of aromatic amines is 1. The fourth-order valence-electron chi connectivity index (χ4n) is 3.73. The van der Waals surface area contributed by atoms with E-state index in [1.54, 1.807) is 54.9 Å². The van der Waals surface area contributed by atoms with E-state index in [2.05, 4.69) is 15.0 Å². The summed E-state index contributed by atoms with van der Waals surface area (Å²) in [5.74, 6) is -1.64. The molecule has 8 heteroatoms. The van der Waals surface area contributed by atoms with Crippen molar-refractivity contribution in [3.8, 4) is 0 Å². The van der Waals surface area contributed by atoms with Crippen LogP contribution in [0.2, 0.25) is 5.02 Å². The lowest BCUT2D eigenvalue weighted by Crippen LogP contribution is -2.30. The van der Waals surface area contributed by atoms with E-state index in [-0.39, 0.29) is 17.3 Å². The molecule has 152 valence electrons. The van der Waals surface area contributed by atoms with Crippen LogP contribution in [0.1, 0.15) is 17.2 Å². The third-order valence-corrected chi connectivity index (χ3v) is 5.44. The number of nitrogens with zero attached hydrogens (tertiary/aromatic N) is 3. The highest BCUT2D eigenvalue weighted by atomic mass is 35.5. The maximum atomic E-state index is 13.1. The Hall–Kier alpha value is -3.97. The Bertz CT molecular complexity index is 1310. The van der Waals surface area contributed by atoms with E-state index in [9.17, 15) is 14.7 Å². The normalized spacial score (nSPS) is 18.1. The van der Waals surface area contributed by atoms with Crippen LogP contribution in [0.15, 0.2) is 78.6 Å². The number of imidazole rings is 1. The number of rotatable bonds is 3. The van der Waals surface area contributed by atoms with Gasteiger partial charge in [0.25, 0.3) is 5.78 Å². The fraction of sp³-hybridized carbons (Fsp3) is 0.0435. The van der Waals surface area contributed by atoms with Gasteiger partial charge >= 0.3 is 5.91 Å². The number of fused-ring (bicyclic) bond motifs is 1. The van der Waals surface area contributed by atoms with Crippen molar-refractivity contribution in [3.05, 3.63) is 94.8 Å². The lowest BCUT2D eigenvalue weighted by Gasteiger charge is -2.22. The summed E-state index contributed by atoms with van der Waals surface area (Å²) in [5, 5.41) is 11.5. The van der Waals surface area contributed by atoms with Gasteiger partial charge in [0.1, 0.15) is 5.76 Å². The first-order valence-electron chi connectivity index (χ1n) is 9.46. The summed E-state index contributed by atoms with van der Waals surface area (Å²) in [4.78, 5) is 39.1. The van der Waals surface area contributed by atoms with Crippen LogP contribution in [0.3, 0.4) is 0 Å². The number of hydrogen-bond acceptors (Lipinski definition) is 5. The first-order valence-corrected chi connectivity index (χ1v) is 9.84. The van der Waals surface area contributed by atoms with Crippen LogP contribution in [0.25, 0.3) is 16.8 Å². The predicted octanol–water partition coefficient (Wildman–Crippen LogP) is 4.24. The van der Waals surface area contributed by atoms with Gasteiger partial charge in [-0.15, -0.1) is 0 Å². The van der Waals surface area contributed by atoms with Crippen molar-refractivity contribution in [2.45, 2.75) is 6.04 Å². The second-order valence-electron chi connectivity index (χ2n) is 7.03. The van der Waals surface area contributed by atoms with Crippen molar-refractivity contribution in [1.82, 2.24) is 15.0 Å². The van der Waals surface area contributed by atoms with Gasteiger partial charge in [-0.05, 0) is 54.1 Å². The van der Waals surface area contributed by atoms with Crippen LogP contribution in [-0.2, 0) is 9.59 Å². The third-order valence-electron chi connectivity index (χ3n) is 5.19. The second kappa shape index (κ2) is 7.37. The summed E-state index contributed by atoms with van der Waals surface area (Å²) < 4.78 is 0. The number of nitrogens with one attached hydrogen (secondary N) is 1. The van der Waals surface area contributed by atoms with Crippen molar-refractivity contribution >= 4 is 46.0 Å². The van der Waals surface area contributed by atoms with Crippen molar-refractivity contribution in [1.29, 1.82) is 0 Å². The van der Waals surface area contributed by atoms with Gasteiger partial charge < -0.3 is 10.1 Å². The quantitative estimate of drug-likeness (QED) is 0.288. The molecule has 1 saturated heterocycles. The van der Waals surface area contributed by atoms with E-state index < -0.39 is 17.7 Å². The molecule has 1 aliphatic rings. The minimum atomic E-state index is -0.876. The molecule has 1 unspecified atom stereocenters. The molecule has 4 aromatic rings. The summed E-state index contributed by atoms with van der Waals surface area (Å²) in [6.07, 6.45) is 3.13. The van der Waals surface area contributed by atoms with E-state index in [0.29, 0.717) is 21.7 Å². The fourth-order valence-corrected chi connectivity index (χ4v) is 3.85. The zero-order chi connectivity index (χ0) is 21.5. The van der Waals surface area contributed by atoms with Crippen molar-refractivity contribution < 1.29 is 14.7 Å². The molecule has 1 amide bonds. The second-order valence-corrected chi connectivity index (χ2v) is 7.47. The SMILES string of the molecule is O=C1C(=O)N(c2nc3ccccc3[nH]2)C(c2ccncc2)/C1=C(\O)c1ccc(Cl)cc1. The number of pyridine rings is 1. The number of carbonyl (C=O) groups excluding carboxylic acids is 2. The summed E-state index contributed by atoms with van der Waals surface area (Å²) in [6.45, 7) is 0. The maximum Gasteiger partial charge on any atom is 0.302 e. The summed E-state index contributed by atoms with van der Waals surface area (Å²) in [5.41, 5.74) is 2.35. The smallest absolute Gasteiger partial charge is 0.302 e. The molecule has 0 bridgehead atoms. The first kappa shape index (κ1) is 19.0. The van der Waals surface area contributed by atoms with Crippen molar-refractivity contribution in [3.63, 3.8) is 0 Å². The Morgan fingerprint density at radius 2 is 1.71 bits per heavy atom. The summed E-state index contributed by atoms with van der Waals surface area (Å²) in [6, 6.07) is 16.2. The van der Waals surface area contributed by atoms with Gasteiger partial charge in [0.2, 0.25) is 5.95 Å². The molecule has 0 saturated carbocycles. The molecule has 0 aliphatic carbocycles. The number of aliphatic hydroxyl groups is 1. The molecule has 2 aromatic carbocycles. The molecule has 1 fully saturated rings. The summed E-state index contributed by atoms with van der Waals surface area (Å²) in [7, 11) is 0. The number of Topliss-reactive ketones (excluding diaryl/α,β-unsaturated/α-hetero) is 1. The minimum Gasteiger partial charge on any atom is -0.507 e. The molecule has 3 heterocycles. The van der Waals surface area contributed by atoms with Crippen LogP contribution < -0.4 is 4.90 Å². The number of amides is 1. The number of H-pyrrole nitrogens is 1. The minimum absolute atomic E-state index is 0.0287. The standard InChI is InChI=1S/C23H15ClN4O3/c24-15-7-5-14(6-8-15)20(29)18-19(13-9-11-25-12-10-13)28(22(31)21(18)30)23-26-16-3-1-2-4-17(16)27-23/h1-12,19,29H,(H,26,27)/b20-18+. The van der Waals surface area contributed by atoms with E-state index in [0.717, 1.165) is 5.52 Å². The van der Waals surface area contributed by atoms with Crippen LogP contribution >= 0.6 is 11.6 Å². The number of benzene rings is 2. The number of anilines is 1. The molecule has 2 N–H and O–H groups in total. The number of halogens is 1. The highest BCUT2D eigenvalue weighted by molar-refractivity contribution is 6.51. The van der Waals surface area contributed by atoms with Crippen LogP contribution in [0.4, 0.5) is 5.95 Å². The highest BCUT2D eigenvalue weighted by Crippen LogP contribution is 2.41. The number of para-hydroxylation sites is 2. The number of aromatic nitrogens is 3. The molecule has 1 atom stereocenters. The van der Waals surface area contributed by atoms with Gasteiger partial charge in [-0.3, -0.25) is 19.5 Å². The lowest BCUT2D eigenvalue weighted by atomic mass is 9.96. The zero-order valence-electron chi connectivity index (χ0n) is 16.0. The molecule has 31 heavy (non-hydrogen) atoms. The van der Waals surface area contributed by atoms with Gasteiger partial charge in [-0.25, -0.2) is 4.98 Å². The monoisotopic (exact) mass is 430 g/mol. The van der Waals surface area contributed by atoms with Gasteiger partial charge in [0.05, 0.1) is 22.6 Å². The van der Waals surface area contributed by atoms with Gasteiger partial charge in [-0.2, -0.15) is 0 Å². The molecular formula is C23H15ClN4O3. The van der Waals surface area contributed by atoms with E-state index in [1.165, 1.54) is 4.90 Å². The van der Waals surface area contributed by atoms with Crippen LogP contribution in [0.5, 0.6) is 0 Å². The highest BCUT2D eigenvalue weighted by Gasteiger charge is 2.48. The van der Waals surface area contributed by atoms with E-state index in [1.807, 2.05) is 18.2 Å². The van der Waals surface area contributed by atoms with E-state index >= 15 is 0 Å². The zero-order valence-corrected chi connectivity index (χ0v) is 16.7. The number of aliphatic hydroxyl groups excluding tert-OH is 1. The average molecular weight is 431 g/mol. The number of carbonyl (C=O) groups is 2. The maximum absolute atomic E-state index is 13.1. The molecule has 7 nitrogen and oxygen atoms in total. The molecule has 0 radical (unpaired) electrons. The lowest BCUT2D eigenvalue weighted by molar-refractivity contribution is -0.132. The predicted molar refractivity (Wildman–Crippen MR) is 117 cm³/mol. The van der Waals surface area contributed by atoms with Gasteiger partial charge in [-0.1, -0.05) is 23.7 Å². The van der Waals surface area contributed by atoms with Crippen molar-refractivity contribution in [2.75, 3.05) is 4.90 Å². The van der Waals surface area contributed by atoms with Crippen molar-refractivity contribution in [2.24, 2.45) is 0 Å². The Kier molecular flexibility index (Phi) is 4.52. The Morgan fingerprint density at radius 1 is 1.00 bits per heavy atom. The topological polar surface area (TPSA) is 99.2 Å². The van der Waals surface area contributed by atoms with Crippen LogP contribution in [-0.4, -0.2) is 31.7 Å². The Balaban J connectivity index is 1.73. The Labute approximate surface area is 181 Å². The van der Waals surface area contributed by atoms with Gasteiger partial charge in [0.15, 0.2) is 0 Å². The molecule has 0 spiro atoms. The molecule has 2 aromatic heterocycles. The van der Waals surface area contributed by atoms with Crippen LogP contribution in [0, 0.1) is 0 Å².